The van der Waals surface area contributed by atoms with Crippen LogP contribution in [0.15, 0.2) is 72.9 Å². The van der Waals surface area contributed by atoms with Crippen molar-refractivity contribution in [2.75, 3.05) is 13.2 Å². The molecule has 1 atom stereocenters. The maximum absolute atomic E-state index is 12.6. The smallest absolute Gasteiger partial charge is 0.306 e. The van der Waals surface area contributed by atoms with Crippen molar-refractivity contribution in [1.29, 1.82) is 0 Å². The number of unbranched alkanes of at least 4 members (excludes halogenated alkanes) is 11. The molecule has 0 heterocycles. The van der Waals surface area contributed by atoms with Crippen molar-refractivity contribution in [1.82, 2.24) is 0 Å². The molecule has 0 bridgehead atoms. The minimum absolute atomic E-state index is 0.111. The first kappa shape index (κ1) is 46.9. The van der Waals surface area contributed by atoms with Crippen molar-refractivity contribution in [3.8, 4) is 0 Å². The minimum atomic E-state index is -0.815. The Bertz CT molecular complexity index is 986. The number of carbonyl (C=O) groups excluding carboxylic acids is 3. The molecule has 0 rings (SSSR count). The van der Waals surface area contributed by atoms with E-state index in [0.717, 1.165) is 70.6 Å². The summed E-state index contributed by atoms with van der Waals surface area (Å²) < 4.78 is 16.5. The summed E-state index contributed by atoms with van der Waals surface area (Å²) in [4.78, 5) is 37.4. The zero-order valence-corrected chi connectivity index (χ0v) is 32.1. The summed E-state index contributed by atoms with van der Waals surface area (Å²) in [5, 5.41) is 0. The van der Waals surface area contributed by atoms with Crippen molar-refractivity contribution in [2.24, 2.45) is 0 Å². The monoisotopic (exact) mass is 697 g/mol. The fraction of sp³-hybridized carbons (Fsp3) is 0.659. The summed E-state index contributed by atoms with van der Waals surface area (Å²) in [6.45, 7) is 6.25. The van der Waals surface area contributed by atoms with Crippen LogP contribution in [-0.4, -0.2) is 37.2 Å². The summed E-state index contributed by atoms with van der Waals surface area (Å²) in [5.74, 6) is -1.04. The van der Waals surface area contributed by atoms with Gasteiger partial charge >= 0.3 is 17.9 Å². The highest BCUT2D eigenvalue weighted by molar-refractivity contribution is 5.71. The van der Waals surface area contributed by atoms with Crippen LogP contribution in [-0.2, 0) is 28.6 Å². The van der Waals surface area contributed by atoms with Crippen LogP contribution in [0.4, 0.5) is 0 Å². The van der Waals surface area contributed by atoms with Gasteiger partial charge in [-0.05, 0) is 70.6 Å². The van der Waals surface area contributed by atoms with Crippen LogP contribution in [0.1, 0.15) is 168 Å². The van der Waals surface area contributed by atoms with Gasteiger partial charge in [-0.2, -0.15) is 0 Å². The van der Waals surface area contributed by atoms with Gasteiger partial charge in [-0.15, -0.1) is 0 Å². The number of allylic oxidation sites excluding steroid dienone is 12. The Morgan fingerprint density at radius 1 is 0.420 bits per heavy atom. The van der Waals surface area contributed by atoms with E-state index in [1.807, 2.05) is 0 Å². The average Bonchev–Trinajstić information content (AvgIpc) is 3.11. The standard InChI is InChI=1S/C44H72O6/c1-4-7-10-13-16-19-22-25-28-31-34-37-43(46)49-40-41(39-48-42(45)36-33-30-27-24-21-18-15-12-9-6-3)50-44(47)38-35-32-29-26-23-20-17-14-11-8-5-2/h7-8,10-11,16-17,19-20,25-26,28-29,41H,4-6,9,12-15,18,21-24,27,30-40H2,1-3H3/b10-7-,11-8-,19-16-,20-17-,28-25-,29-26-. The molecule has 6 heteroatoms. The number of ether oxygens (including phenoxy) is 3. The third-order valence-electron chi connectivity index (χ3n) is 7.96. The lowest BCUT2D eigenvalue weighted by atomic mass is 10.1. The Labute approximate surface area is 306 Å². The first-order chi connectivity index (χ1) is 24.5. The van der Waals surface area contributed by atoms with Gasteiger partial charge < -0.3 is 14.2 Å². The lowest BCUT2D eigenvalue weighted by Crippen LogP contribution is -2.30. The van der Waals surface area contributed by atoms with E-state index in [-0.39, 0.29) is 44.0 Å². The normalized spacial score (nSPS) is 12.8. The molecule has 0 spiro atoms. The second-order valence-corrected chi connectivity index (χ2v) is 12.8. The Morgan fingerprint density at radius 3 is 1.22 bits per heavy atom. The summed E-state index contributed by atoms with van der Waals surface area (Å²) >= 11 is 0. The predicted molar refractivity (Wildman–Crippen MR) is 210 cm³/mol. The number of esters is 3. The molecule has 6 nitrogen and oxygen atoms in total. The van der Waals surface area contributed by atoms with Crippen LogP contribution in [0.25, 0.3) is 0 Å². The Morgan fingerprint density at radius 2 is 0.780 bits per heavy atom. The van der Waals surface area contributed by atoms with E-state index in [9.17, 15) is 14.4 Å². The summed E-state index contributed by atoms with van der Waals surface area (Å²) in [6, 6.07) is 0. The molecule has 284 valence electrons. The third-order valence-corrected chi connectivity index (χ3v) is 7.96. The Kier molecular flexibility index (Phi) is 36.2. The summed E-state index contributed by atoms with van der Waals surface area (Å²) in [6.07, 6.45) is 46.2. The van der Waals surface area contributed by atoms with Gasteiger partial charge in [0.1, 0.15) is 13.2 Å². The first-order valence-corrected chi connectivity index (χ1v) is 19.9. The average molecular weight is 697 g/mol. The Balaban J connectivity index is 4.54. The van der Waals surface area contributed by atoms with Crippen molar-refractivity contribution < 1.29 is 28.6 Å². The Hall–Kier alpha value is -3.15. The number of rotatable bonds is 34. The van der Waals surface area contributed by atoms with Crippen molar-refractivity contribution in [3.63, 3.8) is 0 Å². The molecule has 0 aliphatic heterocycles. The molecular weight excluding hydrogens is 624 g/mol. The molecule has 50 heavy (non-hydrogen) atoms. The van der Waals surface area contributed by atoms with Crippen LogP contribution in [0.3, 0.4) is 0 Å². The quantitative estimate of drug-likeness (QED) is 0.0288. The van der Waals surface area contributed by atoms with E-state index in [4.69, 9.17) is 14.2 Å². The van der Waals surface area contributed by atoms with Crippen molar-refractivity contribution >= 4 is 17.9 Å². The summed E-state index contributed by atoms with van der Waals surface area (Å²) in [5.41, 5.74) is 0. The highest BCUT2D eigenvalue weighted by Gasteiger charge is 2.19. The largest absolute Gasteiger partial charge is 0.462 e. The van der Waals surface area contributed by atoms with Crippen LogP contribution in [0.2, 0.25) is 0 Å². The number of hydrogen-bond acceptors (Lipinski definition) is 6. The zero-order valence-electron chi connectivity index (χ0n) is 32.1. The summed E-state index contributed by atoms with van der Waals surface area (Å²) in [7, 11) is 0. The number of carbonyl (C=O) groups is 3. The molecule has 1 unspecified atom stereocenters. The van der Waals surface area contributed by atoms with E-state index in [1.165, 1.54) is 44.9 Å². The van der Waals surface area contributed by atoms with Crippen LogP contribution in [0.5, 0.6) is 0 Å². The van der Waals surface area contributed by atoms with Gasteiger partial charge in [0.05, 0.1) is 0 Å². The van der Waals surface area contributed by atoms with Crippen LogP contribution >= 0.6 is 0 Å². The molecule has 0 aliphatic rings. The van der Waals surface area contributed by atoms with Crippen molar-refractivity contribution in [2.45, 2.75) is 175 Å². The fourth-order valence-corrected chi connectivity index (χ4v) is 5.02. The van der Waals surface area contributed by atoms with Gasteiger partial charge in [0, 0.05) is 19.3 Å². The van der Waals surface area contributed by atoms with Gasteiger partial charge in [-0.25, -0.2) is 0 Å². The maximum atomic E-state index is 12.6. The molecule has 0 amide bonds. The van der Waals surface area contributed by atoms with Gasteiger partial charge in [0.2, 0.25) is 0 Å². The molecule has 0 aromatic rings. The molecule has 0 N–H and O–H groups in total. The third kappa shape index (κ3) is 36.1. The van der Waals surface area contributed by atoms with Crippen LogP contribution < -0.4 is 0 Å². The van der Waals surface area contributed by atoms with Crippen LogP contribution in [0, 0.1) is 0 Å². The zero-order chi connectivity index (χ0) is 36.6. The van der Waals surface area contributed by atoms with Gasteiger partial charge in [-0.1, -0.05) is 151 Å². The van der Waals surface area contributed by atoms with Gasteiger partial charge in [0.25, 0.3) is 0 Å². The van der Waals surface area contributed by atoms with E-state index in [1.54, 1.807) is 0 Å². The SMILES string of the molecule is CC/C=C\C/C=C\C/C=C\CCCC(=O)OCC(COC(=O)CCCCCCCCCCCC)OC(=O)CCC/C=C\C/C=C\C/C=C\CC. The van der Waals surface area contributed by atoms with E-state index < -0.39 is 6.10 Å². The molecule has 0 aromatic carbocycles. The van der Waals surface area contributed by atoms with E-state index in [0.29, 0.717) is 19.3 Å². The molecule has 0 saturated heterocycles. The molecule has 0 radical (unpaired) electrons. The highest BCUT2D eigenvalue weighted by Crippen LogP contribution is 2.12. The topological polar surface area (TPSA) is 78.9 Å². The lowest BCUT2D eigenvalue weighted by molar-refractivity contribution is -0.167. The van der Waals surface area contributed by atoms with E-state index >= 15 is 0 Å². The first-order valence-electron chi connectivity index (χ1n) is 19.9. The molecule has 0 aromatic heterocycles. The lowest BCUT2D eigenvalue weighted by Gasteiger charge is -2.18. The second-order valence-electron chi connectivity index (χ2n) is 12.8. The maximum Gasteiger partial charge on any atom is 0.306 e. The number of hydrogen-bond donors (Lipinski definition) is 0. The fourth-order valence-electron chi connectivity index (χ4n) is 5.02. The van der Waals surface area contributed by atoms with Gasteiger partial charge in [-0.3, -0.25) is 14.4 Å². The van der Waals surface area contributed by atoms with Gasteiger partial charge in [0.15, 0.2) is 6.10 Å². The van der Waals surface area contributed by atoms with Crippen molar-refractivity contribution in [3.05, 3.63) is 72.9 Å². The minimum Gasteiger partial charge on any atom is -0.462 e. The second kappa shape index (κ2) is 38.6. The molecule has 0 fully saturated rings. The van der Waals surface area contributed by atoms with E-state index in [2.05, 4.69) is 93.7 Å². The molecule has 0 saturated carbocycles. The highest BCUT2D eigenvalue weighted by atomic mass is 16.6. The predicted octanol–water partition coefficient (Wildman–Crippen LogP) is 12.4. The molecular formula is C44H72O6. The molecule has 0 aliphatic carbocycles.